The molecule has 0 aliphatic rings. The summed E-state index contributed by atoms with van der Waals surface area (Å²) >= 11 is 7.72. The van der Waals surface area contributed by atoms with E-state index in [9.17, 15) is 0 Å². The lowest BCUT2D eigenvalue weighted by Gasteiger charge is -2.07. The predicted octanol–water partition coefficient (Wildman–Crippen LogP) is 13.6. The third-order valence-corrected chi connectivity index (χ3v) is 12.9. The van der Waals surface area contributed by atoms with Crippen molar-refractivity contribution in [1.82, 2.24) is 0 Å². The van der Waals surface area contributed by atoms with Crippen LogP contribution in [-0.2, 0) is 12.8 Å². The van der Waals surface area contributed by atoms with E-state index in [1.54, 1.807) is 0 Å². The molecule has 3 aromatic carbocycles. The molecule has 0 radical (unpaired) electrons. The Morgan fingerprint density at radius 2 is 0.786 bits per heavy atom. The van der Waals surface area contributed by atoms with Crippen LogP contribution in [0.5, 0.6) is 0 Å². The molecule has 0 saturated heterocycles. The summed E-state index contributed by atoms with van der Waals surface area (Å²) < 4.78 is 0. The van der Waals surface area contributed by atoms with Crippen molar-refractivity contribution < 1.29 is 0 Å². The molecule has 0 nitrogen and oxygen atoms in total. The van der Waals surface area contributed by atoms with Gasteiger partial charge in [-0.2, -0.15) is 0 Å². The molecule has 42 heavy (non-hydrogen) atoms. The highest BCUT2D eigenvalue weighted by molar-refractivity contribution is 7.24. The lowest BCUT2D eigenvalue weighted by Crippen LogP contribution is -1.80. The topological polar surface area (TPSA) is 0 Å². The fourth-order valence-corrected chi connectivity index (χ4v) is 9.83. The quantitative estimate of drug-likeness (QED) is 0.134. The van der Waals surface area contributed by atoms with E-state index in [4.69, 9.17) is 0 Å². The van der Waals surface area contributed by atoms with Crippen molar-refractivity contribution in [2.75, 3.05) is 0 Å². The van der Waals surface area contributed by atoms with Crippen molar-refractivity contribution in [3.63, 3.8) is 0 Å². The first-order chi connectivity index (χ1) is 20.7. The van der Waals surface area contributed by atoms with Crippen LogP contribution in [0.25, 0.3) is 61.9 Å². The van der Waals surface area contributed by atoms with Crippen LogP contribution < -0.4 is 0 Å². The first kappa shape index (κ1) is 27.8. The van der Waals surface area contributed by atoms with Crippen molar-refractivity contribution in [2.24, 2.45) is 0 Å². The van der Waals surface area contributed by atoms with Crippen molar-refractivity contribution in [3.8, 4) is 40.4 Å². The first-order valence-corrected chi connectivity index (χ1v) is 18.3. The molecule has 0 atom stereocenters. The minimum Gasteiger partial charge on any atom is -0.139 e. The van der Waals surface area contributed by atoms with Gasteiger partial charge < -0.3 is 0 Å². The zero-order valence-electron chi connectivity index (χ0n) is 24.1. The Bertz CT molecular complexity index is 1830. The van der Waals surface area contributed by atoms with E-state index in [0.29, 0.717) is 0 Å². The molecule has 0 spiro atoms. The maximum atomic E-state index is 2.36. The molecule has 0 N–H and O–H groups in total. The Balaban J connectivity index is 1.13. The summed E-state index contributed by atoms with van der Waals surface area (Å²) in [6.45, 7) is 4.53. The Kier molecular flexibility index (Phi) is 8.14. The summed E-state index contributed by atoms with van der Waals surface area (Å²) in [5.74, 6) is 0. The van der Waals surface area contributed by atoms with Crippen molar-refractivity contribution >= 4 is 66.9 Å². The average molecular weight is 619 g/mol. The third kappa shape index (κ3) is 5.78. The van der Waals surface area contributed by atoms with Crippen LogP contribution in [0.15, 0.2) is 97.1 Å². The molecule has 7 aromatic rings. The fraction of sp³-hybridized carbons (Fsp3) is 0.211. The highest BCUT2D eigenvalue weighted by atomic mass is 32.1. The van der Waals surface area contributed by atoms with Crippen molar-refractivity contribution in [3.05, 3.63) is 107 Å². The number of thiophene rings is 4. The number of fused-ring (bicyclic) bond motifs is 2. The molecule has 4 heteroatoms. The van der Waals surface area contributed by atoms with E-state index in [1.807, 2.05) is 45.3 Å². The SMILES string of the molecule is CCCCc1ccc(-c2ccc(-c3ccc4cc5cc(-c6ccc(-c7ccc(CCCC)s7)s6)ccc5cc4c3)s2)s1. The monoisotopic (exact) mass is 618 g/mol. The summed E-state index contributed by atoms with van der Waals surface area (Å²) in [5, 5.41) is 5.19. The fourth-order valence-electron chi connectivity index (χ4n) is 5.55. The average Bonchev–Trinajstić information content (AvgIpc) is 3.84. The lowest BCUT2D eigenvalue weighted by molar-refractivity contribution is 0.804. The second-order valence-electron chi connectivity index (χ2n) is 11.0. The summed E-state index contributed by atoms with van der Waals surface area (Å²) in [5.41, 5.74) is 2.60. The van der Waals surface area contributed by atoms with Crippen LogP contribution in [0.2, 0.25) is 0 Å². The zero-order chi connectivity index (χ0) is 28.5. The molecule has 0 fully saturated rings. The molecule has 0 amide bonds. The van der Waals surface area contributed by atoms with Gasteiger partial charge in [0, 0.05) is 39.0 Å². The molecule has 0 aliphatic carbocycles. The number of benzene rings is 3. The van der Waals surface area contributed by atoms with Crippen LogP contribution in [-0.4, -0.2) is 0 Å². The van der Waals surface area contributed by atoms with Crippen LogP contribution in [0.3, 0.4) is 0 Å². The number of hydrogen-bond acceptors (Lipinski definition) is 4. The Labute approximate surface area is 265 Å². The minimum atomic E-state index is 1.20. The molecular formula is C38H34S4. The molecule has 0 unspecified atom stereocenters. The molecule has 0 saturated carbocycles. The molecule has 210 valence electrons. The van der Waals surface area contributed by atoms with Gasteiger partial charge in [0.1, 0.15) is 0 Å². The smallest absolute Gasteiger partial charge is 0.0449 e. The van der Waals surface area contributed by atoms with E-state index in [-0.39, 0.29) is 0 Å². The molecule has 4 heterocycles. The number of unbranched alkanes of at least 4 members (excludes halogenated alkanes) is 2. The van der Waals surface area contributed by atoms with Gasteiger partial charge in [0.25, 0.3) is 0 Å². The Hall–Kier alpha value is -3.02. The largest absolute Gasteiger partial charge is 0.139 e. The molecule has 7 rings (SSSR count). The van der Waals surface area contributed by atoms with Gasteiger partial charge in [-0.1, -0.05) is 51.0 Å². The van der Waals surface area contributed by atoms with Crippen LogP contribution in [0, 0.1) is 0 Å². The van der Waals surface area contributed by atoms with Gasteiger partial charge in [-0.15, -0.1) is 45.3 Å². The van der Waals surface area contributed by atoms with Gasteiger partial charge in [-0.05, 0) is 131 Å². The molecular weight excluding hydrogens is 585 g/mol. The van der Waals surface area contributed by atoms with Crippen LogP contribution in [0.1, 0.15) is 49.3 Å². The van der Waals surface area contributed by atoms with Crippen molar-refractivity contribution in [1.29, 1.82) is 0 Å². The summed E-state index contributed by atoms with van der Waals surface area (Å²) in [4.78, 5) is 11.2. The zero-order valence-corrected chi connectivity index (χ0v) is 27.4. The third-order valence-electron chi connectivity index (χ3n) is 7.94. The summed E-state index contributed by atoms with van der Waals surface area (Å²) in [7, 11) is 0. The van der Waals surface area contributed by atoms with Gasteiger partial charge in [0.05, 0.1) is 0 Å². The van der Waals surface area contributed by atoms with Crippen LogP contribution >= 0.6 is 45.3 Å². The van der Waals surface area contributed by atoms with Crippen molar-refractivity contribution in [2.45, 2.75) is 52.4 Å². The summed E-state index contributed by atoms with van der Waals surface area (Å²) in [6.07, 6.45) is 7.44. The number of aryl methyl sites for hydroxylation is 2. The van der Waals surface area contributed by atoms with Gasteiger partial charge in [-0.3, -0.25) is 0 Å². The van der Waals surface area contributed by atoms with Gasteiger partial charge in [-0.25, -0.2) is 0 Å². The van der Waals surface area contributed by atoms with E-state index < -0.39 is 0 Å². The van der Waals surface area contributed by atoms with Gasteiger partial charge >= 0.3 is 0 Å². The van der Waals surface area contributed by atoms with E-state index >= 15 is 0 Å². The second kappa shape index (κ2) is 12.3. The maximum Gasteiger partial charge on any atom is 0.0449 e. The Morgan fingerprint density at radius 3 is 1.24 bits per heavy atom. The highest BCUT2D eigenvalue weighted by Crippen LogP contribution is 2.41. The molecule has 0 bridgehead atoms. The first-order valence-electron chi connectivity index (χ1n) is 15.0. The maximum absolute atomic E-state index is 2.36. The van der Waals surface area contributed by atoms with E-state index in [0.717, 1.165) is 0 Å². The second-order valence-corrected chi connectivity index (χ2v) is 15.5. The Morgan fingerprint density at radius 1 is 0.381 bits per heavy atom. The molecule has 4 aromatic heterocycles. The number of hydrogen-bond donors (Lipinski definition) is 0. The summed E-state index contributed by atoms with van der Waals surface area (Å²) in [6, 6.07) is 37.0. The predicted molar refractivity (Wildman–Crippen MR) is 192 cm³/mol. The highest BCUT2D eigenvalue weighted by Gasteiger charge is 2.11. The lowest BCUT2D eigenvalue weighted by atomic mass is 9.99. The standard InChI is InChI=1S/C38H34S4/c1-3-5-7-31-13-15-35(39-31)37-19-17-33(41-37)27-11-9-25-22-30-24-28(12-10-26(30)21-29(25)23-27)34-18-20-38(42-34)36-16-14-32(40-36)8-6-4-2/h9-24H,3-8H2,1-2H3. The van der Waals surface area contributed by atoms with E-state index in [2.05, 4.69) is 111 Å². The van der Waals surface area contributed by atoms with Crippen LogP contribution in [0.4, 0.5) is 0 Å². The van der Waals surface area contributed by atoms with E-state index in [1.165, 1.54) is 110 Å². The minimum absolute atomic E-state index is 1.20. The molecule has 0 aliphatic heterocycles. The van der Waals surface area contributed by atoms with Gasteiger partial charge in [0.2, 0.25) is 0 Å². The van der Waals surface area contributed by atoms with Gasteiger partial charge in [0.15, 0.2) is 0 Å². The number of rotatable bonds is 10. The normalized spacial score (nSPS) is 11.7.